The van der Waals surface area contributed by atoms with Crippen LogP contribution in [-0.2, 0) is 0 Å². The summed E-state index contributed by atoms with van der Waals surface area (Å²) in [5.41, 5.74) is 1.89. The SMILES string of the molecule is O=C(Nc1cccc(Oc2ncccn2)c1)N1CCCC1c1ccsc1. The number of urea groups is 1. The van der Waals surface area contributed by atoms with Gasteiger partial charge in [-0.2, -0.15) is 11.3 Å². The number of carbonyl (C=O) groups excluding carboxylic acids is 1. The van der Waals surface area contributed by atoms with Gasteiger partial charge in [0.05, 0.1) is 6.04 Å². The Labute approximate surface area is 155 Å². The number of hydrogen-bond donors (Lipinski definition) is 1. The van der Waals surface area contributed by atoms with Crippen molar-refractivity contribution in [2.75, 3.05) is 11.9 Å². The van der Waals surface area contributed by atoms with Gasteiger partial charge >= 0.3 is 12.0 Å². The fourth-order valence-electron chi connectivity index (χ4n) is 3.10. The summed E-state index contributed by atoms with van der Waals surface area (Å²) in [6.45, 7) is 0.764. The maximum absolute atomic E-state index is 12.7. The maximum atomic E-state index is 12.7. The van der Waals surface area contributed by atoms with E-state index in [9.17, 15) is 4.79 Å². The zero-order chi connectivity index (χ0) is 17.8. The molecule has 0 radical (unpaired) electrons. The van der Waals surface area contributed by atoms with Crippen LogP contribution in [0.4, 0.5) is 10.5 Å². The molecule has 1 N–H and O–H groups in total. The molecule has 6 nitrogen and oxygen atoms in total. The Hall–Kier alpha value is -2.93. The smallest absolute Gasteiger partial charge is 0.322 e. The van der Waals surface area contributed by atoms with Crippen molar-refractivity contribution in [2.24, 2.45) is 0 Å². The average Bonchev–Trinajstić information content (AvgIpc) is 3.34. The van der Waals surface area contributed by atoms with Crippen LogP contribution in [0.15, 0.2) is 59.6 Å². The zero-order valence-corrected chi connectivity index (χ0v) is 14.9. The van der Waals surface area contributed by atoms with Gasteiger partial charge in [0.15, 0.2) is 0 Å². The summed E-state index contributed by atoms with van der Waals surface area (Å²) in [6, 6.07) is 11.4. The molecule has 3 aromatic rings. The van der Waals surface area contributed by atoms with E-state index in [1.807, 2.05) is 17.0 Å². The van der Waals surface area contributed by atoms with Crippen molar-refractivity contribution in [1.82, 2.24) is 14.9 Å². The number of benzene rings is 1. The number of ether oxygens (including phenoxy) is 1. The Morgan fingerprint density at radius 1 is 1.23 bits per heavy atom. The van der Waals surface area contributed by atoms with Gasteiger partial charge in [0.25, 0.3) is 0 Å². The van der Waals surface area contributed by atoms with Gasteiger partial charge in [0.2, 0.25) is 0 Å². The Kier molecular flexibility index (Phi) is 4.79. The first kappa shape index (κ1) is 16.5. The van der Waals surface area contributed by atoms with Gasteiger partial charge in [-0.3, -0.25) is 0 Å². The van der Waals surface area contributed by atoms with Crippen LogP contribution in [0.25, 0.3) is 0 Å². The van der Waals surface area contributed by atoms with E-state index < -0.39 is 0 Å². The third-order valence-electron chi connectivity index (χ3n) is 4.28. The summed E-state index contributed by atoms with van der Waals surface area (Å²) in [5, 5.41) is 7.14. The zero-order valence-electron chi connectivity index (χ0n) is 14.0. The van der Waals surface area contributed by atoms with Crippen molar-refractivity contribution < 1.29 is 9.53 Å². The van der Waals surface area contributed by atoms with E-state index >= 15 is 0 Å². The van der Waals surface area contributed by atoms with Gasteiger partial charge in [0.1, 0.15) is 5.75 Å². The molecule has 26 heavy (non-hydrogen) atoms. The second-order valence-electron chi connectivity index (χ2n) is 6.00. The predicted octanol–water partition coefficient (Wildman–Crippen LogP) is 4.70. The lowest BCUT2D eigenvalue weighted by atomic mass is 10.1. The number of amides is 2. The average molecular weight is 366 g/mol. The summed E-state index contributed by atoms with van der Waals surface area (Å²) < 4.78 is 5.62. The molecule has 1 aliphatic heterocycles. The molecule has 1 saturated heterocycles. The Morgan fingerprint density at radius 2 is 2.12 bits per heavy atom. The highest BCUT2D eigenvalue weighted by atomic mass is 32.1. The van der Waals surface area contributed by atoms with Crippen LogP contribution in [0.2, 0.25) is 0 Å². The van der Waals surface area contributed by atoms with Crippen LogP contribution in [0.1, 0.15) is 24.4 Å². The first-order valence-electron chi connectivity index (χ1n) is 8.44. The quantitative estimate of drug-likeness (QED) is 0.727. The summed E-state index contributed by atoms with van der Waals surface area (Å²) in [6.07, 6.45) is 5.25. The number of likely N-dealkylation sites (tertiary alicyclic amines) is 1. The van der Waals surface area contributed by atoms with Gasteiger partial charge in [-0.1, -0.05) is 6.07 Å². The molecular weight excluding hydrogens is 348 g/mol. The van der Waals surface area contributed by atoms with Crippen molar-refractivity contribution in [2.45, 2.75) is 18.9 Å². The molecule has 1 aliphatic rings. The van der Waals surface area contributed by atoms with Crippen molar-refractivity contribution >= 4 is 23.1 Å². The molecule has 1 fully saturated rings. The highest BCUT2D eigenvalue weighted by Gasteiger charge is 2.30. The molecule has 132 valence electrons. The third-order valence-corrected chi connectivity index (χ3v) is 4.98. The second kappa shape index (κ2) is 7.53. The maximum Gasteiger partial charge on any atom is 0.322 e. The molecule has 7 heteroatoms. The summed E-state index contributed by atoms with van der Waals surface area (Å²) in [5.74, 6) is 0.574. The van der Waals surface area contributed by atoms with E-state index in [1.54, 1.807) is 41.9 Å². The summed E-state index contributed by atoms with van der Waals surface area (Å²) in [4.78, 5) is 22.7. The van der Waals surface area contributed by atoms with Gasteiger partial charge in [-0.15, -0.1) is 0 Å². The lowest BCUT2D eigenvalue weighted by Gasteiger charge is -2.24. The van der Waals surface area contributed by atoms with Crippen LogP contribution < -0.4 is 10.1 Å². The minimum absolute atomic E-state index is 0.0909. The molecule has 2 aromatic heterocycles. The molecule has 0 saturated carbocycles. The molecule has 4 rings (SSSR count). The van der Waals surface area contributed by atoms with Gasteiger partial charge in [-0.25, -0.2) is 14.8 Å². The fraction of sp³-hybridized carbons (Fsp3) is 0.211. The molecule has 1 unspecified atom stereocenters. The topological polar surface area (TPSA) is 67.3 Å². The minimum atomic E-state index is -0.0909. The molecule has 2 amide bonds. The summed E-state index contributed by atoms with van der Waals surface area (Å²) in [7, 11) is 0. The van der Waals surface area contributed by atoms with Crippen molar-refractivity contribution in [1.29, 1.82) is 0 Å². The number of nitrogens with zero attached hydrogens (tertiary/aromatic N) is 3. The van der Waals surface area contributed by atoms with E-state index in [-0.39, 0.29) is 18.1 Å². The van der Waals surface area contributed by atoms with E-state index in [2.05, 4.69) is 32.1 Å². The highest BCUT2D eigenvalue weighted by Crippen LogP contribution is 2.33. The lowest BCUT2D eigenvalue weighted by molar-refractivity contribution is 0.207. The highest BCUT2D eigenvalue weighted by molar-refractivity contribution is 7.08. The number of anilines is 1. The molecule has 1 aromatic carbocycles. The number of nitrogens with one attached hydrogen (secondary N) is 1. The normalized spacial score (nSPS) is 16.5. The van der Waals surface area contributed by atoms with Crippen molar-refractivity contribution in [3.8, 4) is 11.8 Å². The monoisotopic (exact) mass is 366 g/mol. The van der Waals surface area contributed by atoms with Crippen LogP contribution in [0.3, 0.4) is 0 Å². The first-order chi connectivity index (χ1) is 12.8. The Balaban J connectivity index is 1.45. The predicted molar refractivity (Wildman–Crippen MR) is 101 cm³/mol. The molecule has 1 atom stereocenters. The van der Waals surface area contributed by atoms with Gasteiger partial charge < -0.3 is 15.0 Å². The van der Waals surface area contributed by atoms with Crippen LogP contribution in [0, 0.1) is 0 Å². The number of aromatic nitrogens is 2. The van der Waals surface area contributed by atoms with E-state index in [4.69, 9.17) is 4.74 Å². The number of thiophene rings is 1. The van der Waals surface area contributed by atoms with E-state index in [0.717, 1.165) is 19.4 Å². The summed E-state index contributed by atoms with van der Waals surface area (Å²) >= 11 is 1.66. The molecule has 0 spiro atoms. The van der Waals surface area contributed by atoms with Crippen LogP contribution >= 0.6 is 11.3 Å². The van der Waals surface area contributed by atoms with E-state index in [0.29, 0.717) is 11.4 Å². The van der Waals surface area contributed by atoms with Crippen molar-refractivity contribution in [3.63, 3.8) is 0 Å². The fourth-order valence-corrected chi connectivity index (χ4v) is 3.80. The number of hydrogen-bond acceptors (Lipinski definition) is 5. The van der Waals surface area contributed by atoms with Gasteiger partial charge in [-0.05, 0) is 53.4 Å². The molecule has 3 heterocycles. The van der Waals surface area contributed by atoms with E-state index in [1.165, 1.54) is 5.56 Å². The molecular formula is C19H18N4O2S. The Bertz CT molecular complexity index is 870. The first-order valence-corrected chi connectivity index (χ1v) is 9.38. The minimum Gasteiger partial charge on any atom is -0.424 e. The van der Waals surface area contributed by atoms with Crippen LogP contribution in [0.5, 0.6) is 11.8 Å². The number of carbonyl (C=O) groups is 1. The number of rotatable bonds is 4. The van der Waals surface area contributed by atoms with Crippen molar-refractivity contribution in [3.05, 3.63) is 65.1 Å². The second-order valence-corrected chi connectivity index (χ2v) is 6.78. The lowest BCUT2D eigenvalue weighted by Crippen LogP contribution is -2.34. The standard InChI is InChI=1S/C19H18N4O2S/c24-19(23-10-2-6-17(23)14-7-11-26-13-14)22-15-4-1-5-16(12-15)25-18-20-8-3-9-21-18/h1,3-5,7-9,11-13,17H,2,6,10H2,(H,22,24). The largest absolute Gasteiger partial charge is 0.424 e. The third kappa shape index (κ3) is 3.67. The van der Waals surface area contributed by atoms with Gasteiger partial charge in [0, 0.05) is 30.7 Å². The Morgan fingerprint density at radius 3 is 2.92 bits per heavy atom. The molecule has 0 bridgehead atoms. The van der Waals surface area contributed by atoms with Crippen LogP contribution in [-0.4, -0.2) is 27.4 Å². The molecule has 0 aliphatic carbocycles.